The van der Waals surface area contributed by atoms with Crippen molar-refractivity contribution < 1.29 is 4.39 Å². The molecule has 0 bridgehead atoms. The lowest BCUT2D eigenvalue weighted by molar-refractivity contribution is 0.312. The van der Waals surface area contributed by atoms with E-state index in [1.165, 1.54) is 6.07 Å². The molecule has 4 nitrogen and oxygen atoms in total. The molecule has 1 aliphatic rings. The van der Waals surface area contributed by atoms with Gasteiger partial charge in [0.15, 0.2) is 0 Å². The van der Waals surface area contributed by atoms with Gasteiger partial charge in [0.05, 0.1) is 16.7 Å². The predicted molar refractivity (Wildman–Crippen MR) is 69.2 cm³/mol. The maximum Gasteiger partial charge on any atom is 0.148 e. The van der Waals surface area contributed by atoms with Crippen LogP contribution in [-0.2, 0) is 0 Å². The second-order valence-corrected chi connectivity index (χ2v) is 4.64. The van der Waals surface area contributed by atoms with Gasteiger partial charge in [0, 0.05) is 44.6 Å². The third-order valence-corrected chi connectivity index (χ3v) is 3.38. The van der Waals surface area contributed by atoms with Crippen LogP contribution in [0.25, 0.3) is 11.0 Å². The standard InChI is InChI=1S/C13H15FN4/c1-17-4-6-18(7-5-17)13-9-12-11(8-10(13)14)15-2-3-16-12/h2-3,8-9H,4-7H2,1H3. The van der Waals surface area contributed by atoms with Gasteiger partial charge in [-0.15, -0.1) is 0 Å². The van der Waals surface area contributed by atoms with Crippen LogP contribution in [0.5, 0.6) is 0 Å². The van der Waals surface area contributed by atoms with Crippen molar-refractivity contribution in [3.05, 3.63) is 30.3 Å². The van der Waals surface area contributed by atoms with Crippen LogP contribution in [0.1, 0.15) is 0 Å². The minimum atomic E-state index is -0.215. The largest absolute Gasteiger partial charge is 0.367 e. The van der Waals surface area contributed by atoms with Gasteiger partial charge >= 0.3 is 0 Å². The molecule has 1 aromatic heterocycles. The summed E-state index contributed by atoms with van der Waals surface area (Å²) in [5.74, 6) is -0.215. The van der Waals surface area contributed by atoms with Crippen molar-refractivity contribution >= 4 is 16.7 Å². The zero-order chi connectivity index (χ0) is 12.5. The number of rotatable bonds is 1. The molecular weight excluding hydrogens is 231 g/mol. The minimum Gasteiger partial charge on any atom is -0.367 e. The van der Waals surface area contributed by atoms with Gasteiger partial charge < -0.3 is 9.80 Å². The highest BCUT2D eigenvalue weighted by Gasteiger charge is 2.18. The molecule has 94 valence electrons. The molecule has 0 N–H and O–H groups in total. The Morgan fingerprint density at radius 3 is 2.28 bits per heavy atom. The van der Waals surface area contributed by atoms with Crippen LogP contribution < -0.4 is 4.90 Å². The highest BCUT2D eigenvalue weighted by Crippen LogP contribution is 2.24. The number of aromatic nitrogens is 2. The molecule has 0 aliphatic carbocycles. The third kappa shape index (κ3) is 2.01. The van der Waals surface area contributed by atoms with Gasteiger partial charge in [-0.1, -0.05) is 0 Å². The molecule has 1 fully saturated rings. The molecule has 18 heavy (non-hydrogen) atoms. The van der Waals surface area contributed by atoms with Gasteiger partial charge in [0.25, 0.3) is 0 Å². The molecule has 3 rings (SSSR count). The average Bonchev–Trinajstić information content (AvgIpc) is 2.39. The van der Waals surface area contributed by atoms with Crippen LogP contribution in [0.3, 0.4) is 0 Å². The number of hydrogen-bond donors (Lipinski definition) is 0. The first-order valence-corrected chi connectivity index (χ1v) is 6.08. The predicted octanol–water partition coefficient (Wildman–Crippen LogP) is 1.52. The van der Waals surface area contributed by atoms with E-state index in [-0.39, 0.29) is 5.82 Å². The number of likely N-dealkylation sites (N-methyl/N-ethyl adjacent to an activating group) is 1. The monoisotopic (exact) mass is 246 g/mol. The molecule has 0 unspecified atom stereocenters. The van der Waals surface area contributed by atoms with Crippen LogP contribution in [0.2, 0.25) is 0 Å². The van der Waals surface area contributed by atoms with Crippen LogP contribution in [0, 0.1) is 5.82 Å². The van der Waals surface area contributed by atoms with Gasteiger partial charge in [0.2, 0.25) is 0 Å². The number of anilines is 1. The molecule has 1 aromatic carbocycles. The van der Waals surface area contributed by atoms with Gasteiger partial charge in [-0.2, -0.15) is 0 Å². The van der Waals surface area contributed by atoms with E-state index in [4.69, 9.17) is 0 Å². The minimum absolute atomic E-state index is 0.215. The SMILES string of the molecule is CN1CCN(c2cc3nccnc3cc2F)CC1. The van der Waals surface area contributed by atoms with Crippen molar-refractivity contribution in [2.45, 2.75) is 0 Å². The van der Waals surface area contributed by atoms with E-state index in [9.17, 15) is 4.39 Å². The Morgan fingerprint density at radius 1 is 1.00 bits per heavy atom. The molecule has 2 aromatic rings. The Balaban J connectivity index is 1.98. The molecule has 1 aliphatic heterocycles. The number of halogens is 1. The van der Waals surface area contributed by atoms with E-state index < -0.39 is 0 Å². The summed E-state index contributed by atoms with van der Waals surface area (Å²) in [6.07, 6.45) is 3.21. The zero-order valence-corrected chi connectivity index (χ0v) is 10.3. The molecular formula is C13H15FN4. The van der Waals surface area contributed by atoms with E-state index in [1.807, 2.05) is 0 Å². The van der Waals surface area contributed by atoms with Gasteiger partial charge in [-0.05, 0) is 13.1 Å². The molecule has 0 radical (unpaired) electrons. The fourth-order valence-electron chi connectivity index (χ4n) is 2.26. The van der Waals surface area contributed by atoms with Crippen LogP contribution in [0.4, 0.5) is 10.1 Å². The first-order valence-electron chi connectivity index (χ1n) is 6.08. The number of benzene rings is 1. The maximum absolute atomic E-state index is 14.1. The van der Waals surface area contributed by atoms with Gasteiger partial charge in [0.1, 0.15) is 5.82 Å². The van der Waals surface area contributed by atoms with Crippen LogP contribution >= 0.6 is 0 Å². The summed E-state index contributed by atoms with van der Waals surface area (Å²) in [6, 6.07) is 3.26. The summed E-state index contributed by atoms with van der Waals surface area (Å²) in [5, 5.41) is 0. The first-order chi connectivity index (χ1) is 8.74. The van der Waals surface area contributed by atoms with Gasteiger partial charge in [-0.3, -0.25) is 9.97 Å². The van der Waals surface area contributed by atoms with Crippen LogP contribution in [0.15, 0.2) is 24.5 Å². The highest BCUT2D eigenvalue weighted by atomic mass is 19.1. The number of fused-ring (bicyclic) bond motifs is 1. The van der Waals surface area contributed by atoms with Gasteiger partial charge in [-0.25, -0.2) is 4.39 Å². The molecule has 1 saturated heterocycles. The van der Waals surface area contributed by atoms with Crippen molar-refractivity contribution in [2.75, 3.05) is 38.1 Å². The Morgan fingerprint density at radius 2 is 1.61 bits per heavy atom. The van der Waals surface area contributed by atoms with Crippen molar-refractivity contribution in [1.29, 1.82) is 0 Å². The second kappa shape index (κ2) is 4.49. The molecule has 5 heteroatoms. The highest BCUT2D eigenvalue weighted by molar-refractivity contribution is 5.79. The lowest BCUT2D eigenvalue weighted by Gasteiger charge is -2.34. The fourth-order valence-corrected chi connectivity index (χ4v) is 2.26. The second-order valence-electron chi connectivity index (χ2n) is 4.64. The molecule has 2 heterocycles. The third-order valence-electron chi connectivity index (χ3n) is 3.38. The summed E-state index contributed by atoms with van der Waals surface area (Å²) >= 11 is 0. The Bertz CT molecular complexity index is 564. The smallest absolute Gasteiger partial charge is 0.148 e. The summed E-state index contributed by atoms with van der Waals surface area (Å²) in [7, 11) is 2.08. The number of hydrogen-bond acceptors (Lipinski definition) is 4. The van der Waals surface area contributed by atoms with E-state index in [1.54, 1.807) is 18.5 Å². The maximum atomic E-state index is 14.1. The summed E-state index contributed by atoms with van der Waals surface area (Å²) in [4.78, 5) is 12.7. The van der Waals surface area contributed by atoms with E-state index >= 15 is 0 Å². The van der Waals surface area contributed by atoms with Crippen molar-refractivity contribution in [2.24, 2.45) is 0 Å². The Kier molecular flexibility index (Phi) is 2.83. The summed E-state index contributed by atoms with van der Waals surface area (Å²) in [6.45, 7) is 3.61. The fraction of sp³-hybridized carbons (Fsp3) is 0.385. The lowest BCUT2D eigenvalue weighted by atomic mass is 10.2. The molecule has 0 saturated carbocycles. The summed E-state index contributed by atoms with van der Waals surface area (Å²) < 4.78 is 14.1. The average molecular weight is 246 g/mol. The number of piperazine rings is 1. The zero-order valence-electron chi connectivity index (χ0n) is 10.3. The molecule has 0 amide bonds. The normalized spacial score (nSPS) is 17.3. The van der Waals surface area contributed by atoms with E-state index in [2.05, 4.69) is 26.8 Å². The van der Waals surface area contributed by atoms with Crippen molar-refractivity contribution in [3.63, 3.8) is 0 Å². The quantitative estimate of drug-likeness (QED) is 0.763. The number of nitrogens with zero attached hydrogens (tertiary/aromatic N) is 4. The first kappa shape index (κ1) is 11.3. The van der Waals surface area contributed by atoms with Crippen molar-refractivity contribution in [1.82, 2.24) is 14.9 Å². The van der Waals surface area contributed by atoms with E-state index in [0.29, 0.717) is 11.2 Å². The van der Waals surface area contributed by atoms with Crippen molar-refractivity contribution in [3.8, 4) is 0 Å². The Labute approximate surface area is 105 Å². The molecule has 0 atom stereocenters. The van der Waals surface area contributed by atoms with E-state index in [0.717, 1.165) is 31.7 Å². The molecule has 0 spiro atoms. The lowest BCUT2D eigenvalue weighted by Crippen LogP contribution is -2.44. The topological polar surface area (TPSA) is 32.3 Å². The Hall–Kier alpha value is -1.75. The van der Waals surface area contributed by atoms with Crippen LogP contribution in [-0.4, -0.2) is 48.1 Å². The summed E-state index contributed by atoms with van der Waals surface area (Å²) in [5.41, 5.74) is 1.98.